The lowest BCUT2D eigenvalue weighted by Crippen LogP contribution is -2.55. The summed E-state index contributed by atoms with van der Waals surface area (Å²) in [5.41, 5.74) is 9.67. The number of amides is 3. The minimum absolute atomic E-state index is 0.000224. The standard InChI is InChI=1S/C37H47ClN4O4/c1-2-27-10-6-11-28(24-27)33-31(15-7-16-32(33)38)37(46,17-9-20-40-34(43)44)30-14-8-21-42(25-30)35(45)41-22-18-36(26-39,19-23-41)29-12-4-3-5-13-29/h3-7,10-13,15-16,24,30,40,46H,2,8-9,14,17-23,25-26,39H2,1H3,(H,43,44)/t30-,37?/m1/s1. The van der Waals surface area contributed by atoms with Crippen molar-refractivity contribution in [1.82, 2.24) is 15.1 Å². The van der Waals surface area contributed by atoms with E-state index in [1.165, 1.54) is 11.1 Å². The minimum Gasteiger partial charge on any atom is -0.465 e. The number of urea groups is 1. The first kappa shape index (κ1) is 33.8. The second kappa shape index (κ2) is 14.9. The van der Waals surface area contributed by atoms with Crippen LogP contribution in [0.5, 0.6) is 0 Å². The number of carbonyl (C=O) groups excluding carboxylic acids is 1. The lowest BCUT2D eigenvalue weighted by molar-refractivity contribution is -0.0565. The number of nitrogens with two attached hydrogens (primary N) is 1. The van der Waals surface area contributed by atoms with Crippen molar-refractivity contribution in [3.05, 3.63) is 94.5 Å². The highest BCUT2D eigenvalue weighted by Gasteiger charge is 2.44. The Balaban J connectivity index is 1.40. The molecule has 3 amide bonds. The van der Waals surface area contributed by atoms with Gasteiger partial charge in [-0.15, -0.1) is 0 Å². The van der Waals surface area contributed by atoms with Crippen LogP contribution >= 0.6 is 11.6 Å². The number of aliphatic hydroxyl groups is 1. The summed E-state index contributed by atoms with van der Waals surface area (Å²) in [6.07, 6.45) is 3.63. The Morgan fingerprint density at radius 1 is 1.02 bits per heavy atom. The molecule has 9 heteroatoms. The molecule has 8 nitrogen and oxygen atoms in total. The van der Waals surface area contributed by atoms with Gasteiger partial charge in [0.15, 0.2) is 0 Å². The third kappa shape index (κ3) is 7.19. The van der Waals surface area contributed by atoms with Gasteiger partial charge in [0.2, 0.25) is 0 Å². The SMILES string of the molecule is CCc1cccc(-c2c(Cl)cccc2C(O)(CCCNC(=O)O)[C@@H]2CCCN(C(=O)N3CCC(CN)(c4ccccc4)CC3)C2)c1. The largest absolute Gasteiger partial charge is 0.465 e. The van der Waals surface area contributed by atoms with Gasteiger partial charge in [-0.1, -0.05) is 85.3 Å². The molecule has 0 bridgehead atoms. The second-order valence-electron chi connectivity index (χ2n) is 12.9. The van der Waals surface area contributed by atoms with Crippen molar-refractivity contribution >= 4 is 23.7 Å². The average molecular weight is 647 g/mol. The van der Waals surface area contributed by atoms with Crippen molar-refractivity contribution in [2.45, 2.75) is 62.9 Å². The van der Waals surface area contributed by atoms with Crippen LogP contribution in [0, 0.1) is 5.92 Å². The Kier molecular flexibility index (Phi) is 10.9. The summed E-state index contributed by atoms with van der Waals surface area (Å²) < 4.78 is 0. The van der Waals surface area contributed by atoms with Crippen LogP contribution in [-0.2, 0) is 17.4 Å². The van der Waals surface area contributed by atoms with Gasteiger partial charge in [0, 0.05) is 61.2 Å². The summed E-state index contributed by atoms with van der Waals surface area (Å²) in [5, 5.41) is 25.0. The number of benzene rings is 3. The van der Waals surface area contributed by atoms with Gasteiger partial charge in [-0.3, -0.25) is 0 Å². The number of hydrogen-bond donors (Lipinski definition) is 4. The van der Waals surface area contributed by atoms with Gasteiger partial charge in [-0.05, 0) is 73.3 Å². The molecule has 2 fully saturated rings. The number of aryl methyl sites for hydroxylation is 1. The number of carbonyl (C=O) groups is 2. The predicted molar refractivity (Wildman–Crippen MR) is 183 cm³/mol. The highest BCUT2D eigenvalue weighted by Crippen LogP contribution is 2.46. The number of carboxylic acid groups (broad SMARTS) is 1. The summed E-state index contributed by atoms with van der Waals surface area (Å²) >= 11 is 6.89. The van der Waals surface area contributed by atoms with E-state index in [4.69, 9.17) is 17.3 Å². The Bertz CT molecular complexity index is 1490. The summed E-state index contributed by atoms with van der Waals surface area (Å²) in [6, 6.07) is 24.2. The number of nitrogens with one attached hydrogen (secondary N) is 1. The first-order valence-electron chi connectivity index (χ1n) is 16.6. The van der Waals surface area contributed by atoms with E-state index in [2.05, 4.69) is 36.5 Å². The summed E-state index contributed by atoms with van der Waals surface area (Å²) in [6.45, 7) is 5.15. The van der Waals surface area contributed by atoms with E-state index in [9.17, 15) is 19.8 Å². The van der Waals surface area contributed by atoms with Crippen LogP contribution in [0.3, 0.4) is 0 Å². The Morgan fingerprint density at radius 2 is 1.76 bits per heavy atom. The molecule has 1 unspecified atom stereocenters. The second-order valence-corrected chi connectivity index (χ2v) is 13.3. The molecule has 5 N–H and O–H groups in total. The van der Waals surface area contributed by atoms with Gasteiger partial charge in [0.1, 0.15) is 0 Å². The lowest BCUT2D eigenvalue weighted by atomic mass is 9.72. The first-order valence-corrected chi connectivity index (χ1v) is 17.0. The van der Waals surface area contributed by atoms with E-state index in [1.54, 1.807) is 0 Å². The molecule has 2 aliphatic heterocycles. The topological polar surface area (TPSA) is 119 Å². The van der Waals surface area contributed by atoms with Crippen LogP contribution in [0.4, 0.5) is 9.59 Å². The number of halogens is 1. The Morgan fingerprint density at radius 3 is 2.46 bits per heavy atom. The lowest BCUT2D eigenvalue weighted by Gasteiger charge is -2.46. The summed E-state index contributed by atoms with van der Waals surface area (Å²) in [5.74, 6) is -0.265. The van der Waals surface area contributed by atoms with Crippen molar-refractivity contribution in [1.29, 1.82) is 0 Å². The van der Waals surface area contributed by atoms with Crippen LogP contribution < -0.4 is 11.1 Å². The number of hydrogen-bond acceptors (Lipinski definition) is 4. The van der Waals surface area contributed by atoms with E-state index >= 15 is 0 Å². The van der Waals surface area contributed by atoms with Crippen LogP contribution in [0.25, 0.3) is 11.1 Å². The Labute approximate surface area is 277 Å². The molecule has 2 saturated heterocycles. The molecule has 246 valence electrons. The van der Waals surface area contributed by atoms with E-state index in [-0.39, 0.29) is 23.9 Å². The fourth-order valence-corrected chi connectivity index (χ4v) is 7.79. The summed E-state index contributed by atoms with van der Waals surface area (Å²) in [7, 11) is 0. The van der Waals surface area contributed by atoms with Crippen molar-refractivity contribution in [3.8, 4) is 11.1 Å². The van der Waals surface area contributed by atoms with Gasteiger partial charge >= 0.3 is 12.1 Å². The highest BCUT2D eigenvalue weighted by atomic mass is 35.5. The van der Waals surface area contributed by atoms with E-state index < -0.39 is 11.7 Å². The van der Waals surface area contributed by atoms with Gasteiger partial charge in [-0.25, -0.2) is 9.59 Å². The smallest absolute Gasteiger partial charge is 0.404 e. The molecule has 5 rings (SSSR count). The quantitative estimate of drug-likeness (QED) is 0.184. The molecule has 0 radical (unpaired) electrons. The van der Waals surface area contributed by atoms with Gasteiger partial charge in [0.25, 0.3) is 0 Å². The molecule has 3 aromatic rings. The van der Waals surface area contributed by atoms with Crippen LogP contribution in [-0.4, -0.2) is 71.4 Å². The Hall–Kier alpha value is -3.59. The number of piperidine rings is 2. The zero-order valence-corrected chi connectivity index (χ0v) is 27.5. The predicted octanol–water partition coefficient (Wildman–Crippen LogP) is 6.63. The van der Waals surface area contributed by atoms with Gasteiger partial charge in [-0.2, -0.15) is 0 Å². The molecule has 2 heterocycles. The fourth-order valence-electron chi connectivity index (χ4n) is 7.51. The van der Waals surface area contributed by atoms with Crippen molar-refractivity contribution < 1.29 is 19.8 Å². The molecule has 3 aromatic carbocycles. The van der Waals surface area contributed by atoms with Gasteiger partial charge < -0.3 is 31.1 Å². The van der Waals surface area contributed by atoms with Gasteiger partial charge in [0.05, 0.1) is 5.60 Å². The van der Waals surface area contributed by atoms with E-state index in [1.807, 2.05) is 58.3 Å². The third-order valence-corrected chi connectivity index (χ3v) is 10.6. The van der Waals surface area contributed by atoms with Crippen molar-refractivity contribution in [2.75, 3.05) is 39.3 Å². The number of rotatable bonds is 10. The molecule has 0 aliphatic carbocycles. The number of nitrogens with zero attached hydrogens (tertiary/aromatic N) is 2. The monoisotopic (exact) mass is 646 g/mol. The minimum atomic E-state index is -1.34. The normalized spacial score (nSPS) is 19.3. The third-order valence-electron chi connectivity index (χ3n) is 10.3. The van der Waals surface area contributed by atoms with Crippen LogP contribution in [0.15, 0.2) is 72.8 Å². The molecule has 2 atom stereocenters. The maximum Gasteiger partial charge on any atom is 0.404 e. The molecule has 2 aliphatic rings. The molecule has 0 spiro atoms. The highest BCUT2D eigenvalue weighted by molar-refractivity contribution is 6.33. The van der Waals surface area contributed by atoms with E-state index in [0.29, 0.717) is 50.6 Å². The first-order chi connectivity index (χ1) is 22.2. The maximum absolute atomic E-state index is 14.0. The summed E-state index contributed by atoms with van der Waals surface area (Å²) in [4.78, 5) is 29.0. The number of likely N-dealkylation sites (tertiary alicyclic amines) is 2. The average Bonchev–Trinajstić information content (AvgIpc) is 3.10. The molecular formula is C37H47ClN4O4. The molecule has 0 saturated carbocycles. The van der Waals surface area contributed by atoms with E-state index in [0.717, 1.165) is 48.8 Å². The molecule has 46 heavy (non-hydrogen) atoms. The molecule has 0 aromatic heterocycles. The van der Waals surface area contributed by atoms with Crippen LogP contribution in [0.1, 0.15) is 62.1 Å². The zero-order valence-electron chi connectivity index (χ0n) is 26.8. The maximum atomic E-state index is 14.0. The fraction of sp³-hybridized carbons (Fsp3) is 0.459. The van der Waals surface area contributed by atoms with Crippen molar-refractivity contribution in [3.63, 3.8) is 0 Å². The zero-order chi connectivity index (χ0) is 32.7. The van der Waals surface area contributed by atoms with Crippen LogP contribution in [0.2, 0.25) is 5.02 Å². The van der Waals surface area contributed by atoms with Crippen molar-refractivity contribution in [2.24, 2.45) is 11.7 Å². The molecular weight excluding hydrogens is 600 g/mol.